The quantitative estimate of drug-likeness (QED) is 0.644. The largest absolute Gasteiger partial charge is 0.508 e. The standard InChI is InChI=1S/C23H34O6/c1-21(2)10-6-11-22(3)16(21)9-12-23(14-29-20(26)28-5)17(22)8-7-15(13-18(23)24)19(25)27-4/h7,16-17H,6,8-14H2,1-5H3. The molecule has 6 heteroatoms. The van der Waals surface area contributed by atoms with E-state index in [0.717, 1.165) is 19.3 Å². The van der Waals surface area contributed by atoms with Gasteiger partial charge in [-0.15, -0.1) is 0 Å². The van der Waals surface area contributed by atoms with E-state index in [2.05, 4.69) is 25.5 Å². The second kappa shape index (κ2) is 7.77. The molecule has 0 aliphatic heterocycles. The van der Waals surface area contributed by atoms with Gasteiger partial charge in [-0.1, -0.05) is 33.3 Å². The first-order chi connectivity index (χ1) is 13.6. The van der Waals surface area contributed by atoms with Crippen molar-refractivity contribution >= 4 is 17.9 Å². The normalized spacial score (nSPS) is 36.0. The zero-order valence-electron chi connectivity index (χ0n) is 18.3. The molecule has 0 radical (unpaired) electrons. The van der Waals surface area contributed by atoms with Crippen LogP contribution in [0.5, 0.6) is 0 Å². The average molecular weight is 407 g/mol. The van der Waals surface area contributed by atoms with E-state index in [4.69, 9.17) is 9.47 Å². The summed E-state index contributed by atoms with van der Waals surface area (Å²) < 4.78 is 15.0. The fourth-order valence-corrected chi connectivity index (χ4v) is 6.81. The summed E-state index contributed by atoms with van der Waals surface area (Å²) in [6.07, 6.45) is 6.69. The third-order valence-corrected chi connectivity index (χ3v) is 8.19. The number of hydrogen-bond acceptors (Lipinski definition) is 6. The van der Waals surface area contributed by atoms with Crippen molar-refractivity contribution in [3.8, 4) is 0 Å². The molecule has 6 nitrogen and oxygen atoms in total. The Balaban J connectivity index is 2.05. The van der Waals surface area contributed by atoms with Gasteiger partial charge in [0.2, 0.25) is 0 Å². The van der Waals surface area contributed by atoms with Crippen LogP contribution in [-0.2, 0) is 23.8 Å². The molecule has 3 aliphatic rings. The molecular weight excluding hydrogens is 372 g/mol. The molecule has 29 heavy (non-hydrogen) atoms. The Kier molecular flexibility index (Phi) is 5.85. The highest BCUT2D eigenvalue weighted by Gasteiger charge is 2.62. The first kappa shape index (κ1) is 21.8. The molecule has 2 saturated carbocycles. The number of hydrogen-bond donors (Lipinski definition) is 0. The minimum Gasteiger partial charge on any atom is -0.466 e. The van der Waals surface area contributed by atoms with Crippen LogP contribution in [0, 0.1) is 28.1 Å². The summed E-state index contributed by atoms with van der Waals surface area (Å²) in [5.74, 6) is 0.0174. The van der Waals surface area contributed by atoms with Crippen LogP contribution in [0.4, 0.5) is 4.79 Å². The predicted molar refractivity (Wildman–Crippen MR) is 107 cm³/mol. The highest BCUT2D eigenvalue weighted by molar-refractivity contribution is 5.98. The molecule has 4 unspecified atom stereocenters. The van der Waals surface area contributed by atoms with Crippen LogP contribution >= 0.6 is 0 Å². The molecule has 162 valence electrons. The number of Topliss-reactive ketones (excluding diaryl/α,β-unsaturated/α-hetero) is 1. The van der Waals surface area contributed by atoms with Gasteiger partial charge in [-0.3, -0.25) is 4.79 Å². The number of esters is 1. The minimum absolute atomic E-state index is 0.00707. The smallest absolute Gasteiger partial charge is 0.466 e. The summed E-state index contributed by atoms with van der Waals surface area (Å²) in [5, 5.41) is 0. The lowest BCUT2D eigenvalue weighted by Gasteiger charge is -2.62. The molecule has 3 aliphatic carbocycles. The molecule has 0 heterocycles. The van der Waals surface area contributed by atoms with Gasteiger partial charge in [0.15, 0.2) is 0 Å². The van der Waals surface area contributed by atoms with E-state index in [1.165, 1.54) is 20.6 Å². The van der Waals surface area contributed by atoms with Gasteiger partial charge in [0.1, 0.15) is 12.4 Å². The van der Waals surface area contributed by atoms with Crippen molar-refractivity contribution in [3.63, 3.8) is 0 Å². The van der Waals surface area contributed by atoms with Gasteiger partial charge in [0.05, 0.1) is 19.6 Å². The van der Waals surface area contributed by atoms with Gasteiger partial charge in [-0.25, -0.2) is 9.59 Å². The topological polar surface area (TPSA) is 78.9 Å². The fourth-order valence-electron chi connectivity index (χ4n) is 6.81. The minimum atomic E-state index is -0.793. The van der Waals surface area contributed by atoms with Crippen LogP contribution in [0.3, 0.4) is 0 Å². The highest BCUT2D eigenvalue weighted by atomic mass is 16.7. The van der Waals surface area contributed by atoms with E-state index >= 15 is 0 Å². The molecule has 0 N–H and O–H groups in total. The van der Waals surface area contributed by atoms with Crippen LogP contribution in [-0.4, -0.2) is 38.7 Å². The van der Waals surface area contributed by atoms with Crippen molar-refractivity contribution in [1.82, 2.24) is 0 Å². The third kappa shape index (κ3) is 3.59. The van der Waals surface area contributed by atoms with Crippen molar-refractivity contribution in [3.05, 3.63) is 11.6 Å². The van der Waals surface area contributed by atoms with E-state index in [1.54, 1.807) is 0 Å². The first-order valence-corrected chi connectivity index (χ1v) is 10.6. The summed E-state index contributed by atoms with van der Waals surface area (Å²) in [7, 11) is 2.61. The lowest BCUT2D eigenvalue weighted by atomic mass is 9.42. The monoisotopic (exact) mass is 406 g/mol. The van der Waals surface area contributed by atoms with E-state index < -0.39 is 17.5 Å². The maximum Gasteiger partial charge on any atom is 0.508 e. The third-order valence-electron chi connectivity index (χ3n) is 8.19. The fraction of sp³-hybridized carbons (Fsp3) is 0.783. The molecule has 0 spiro atoms. The van der Waals surface area contributed by atoms with E-state index in [1.807, 2.05) is 6.08 Å². The van der Waals surface area contributed by atoms with Crippen molar-refractivity contribution in [2.24, 2.45) is 28.1 Å². The maximum atomic E-state index is 13.6. The highest BCUT2D eigenvalue weighted by Crippen LogP contribution is 2.66. The number of allylic oxidation sites excluding steroid dienone is 1. The molecule has 0 bridgehead atoms. The van der Waals surface area contributed by atoms with Gasteiger partial charge in [-0.05, 0) is 54.8 Å². The van der Waals surface area contributed by atoms with Gasteiger partial charge in [-0.2, -0.15) is 0 Å². The summed E-state index contributed by atoms with van der Waals surface area (Å²) in [6, 6.07) is 0. The number of carbonyl (C=O) groups is 3. The lowest BCUT2D eigenvalue weighted by Crippen LogP contribution is -2.59. The molecule has 4 atom stereocenters. The van der Waals surface area contributed by atoms with Gasteiger partial charge < -0.3 is 14.2 Å². The molecule has 0 aromatic rings. The van der Waals surface area contributed by atoms with E-state index in [0.29, 0.717) is 24.3 Å². The summed E-state index contributed by atoms with van der Waals surface area (Å²) >= 11 is 0. The van der Waals surface area contributed by atoms with Crippen molar-refractivity contribution < 1.29 is 28.6 Å². The summed E-state index contributed by atoms with van der Waals surface area (Å²) in [6.45, 7) is 6.98. The molecule has 0 aromatic carbocycles. The zero-order chi connectivity index (χ0) is 21.4. The van der Waals surface area contributed by atoms with Gasteiger partial charge in [0.25, 0.3) is 0 Å². The zero-order valence-corrected chi connectivity index (χ0v) is 18.3. The molecule has 0 amide bonds. The molecule has 0 saturated heterocycles. The number of methoxy groups -OCH3 is 2. The SMILES string of the molecule is COC(=O)OCC12CCC3C(C)(C)CCCC3(C)C1CC=C(C(=O)OC)CC2=O. The van der Waals surface area contributed by atoms with Crippen molar-refractivity contribution in [2.75, 3.05) is 20.8 Å². The van der Waals surface area contributed by atoms with Crippen molar-refractivity contribution in [1.29, 1.82) is 0 Å². The number of ketones is 1. The number of fused-ring (bicyclic) bond motifs is 3. The lowest BCUT2D eigenvalue weighted by molar-refractivity contribution is -0.167. The molecule has 0 aromatic heterocycles. The first-order valence-electron chi connectivity index (χ1n) is 10.6. The average Bonchev–Trinajstić information content (AvgIpc) is 2.82. The maximum absolute atomic E-state index is 13.6. The Labute approximate surface area is 173 Å². The van der Waals surface area contributed by atoms with Crippen molar-refractivity contribution in [2.45, 2.75) is 65.7 Å². The van der Waals surface area contributed by atoms with Gasteiger partial charge in [0, 0.05) is 12.0 Å². The van der Waals surface area contributed by atoms with Gasteiger partial charge >= 0.3 is 12.1 Å². The Morgan fingerprint density at radius 2 is 1.79 bits per heavy atom. The Morgan fingerprint density at radius 3 is 2.45 bits per heavy atom. The van der Waals surface area contributed by atoms with Crippen LogP contribution in [0.15, 0.2) is 11.6 Å². The van der Waals surface area contributed by atoms with Crippen LogP contribution in [0.2, 0.25) is 0 Å². The Bertz CT molecular complexity index is 723. The van der Waals surface area contributed by atoms with E-state index in [-0.39, 0.29) is 35.6 Å². The van der Waals surface area contributed by atoms with Crippen LogP contribution in [0.1, 0.15) is 65.7 Å². The number of carbonyl (C=O) groups excluding carboxylic acids is 3. The van der Waals surface area contributed by atoms with E-state index in [9.17, 15) is 14.4 Å². The Hall–Kier alpha value is -1.85. The molecular formula is C23H34O6. The van der Waals surface area contributed by atoms with Crippen LogP contribution < -0.4 is 0 Å². The van der Waals surface area contributed by atoms with Crippen LogP contribution in [0.25, 0.3) is 0 Å². The molecule has 2 fully saturated rings. The number of ether oxygens (including phenoxy) is 3. The summed E-state index contributed by atoms with van der Waals surface area (Å²) in [5.41, 5.74) is -0.234. The second-order valence-electron chi connectivity index (χ2n) is 9.95. The predicted octanol–water partition coefficient (Wildman–Crippen LogP) is 4.46. The molecule has 3 rings (SSSR count). The Morgan fingerprint density at radius 1 is 1.07 bits per heavy atom. The second-order valence-corrected chi connectivity index (χ2v) is 9.95. The number of rotatable bonds is 3. The summed E-state index contributed by atoms with van der Waals surface area (Å²) in [4.78, 5) is 37.6.